The molecule has 0 saturated carbocycles. The van der Waals surface area contributed by atoms with Crippen LogP contribution in [0.1, 0.15) is 45.2 Å². The molecule has 0 radical (unpaired) electrons. The summed E-state index contributed by atoms with van der Waals surface area (Å²) >= 11 is 3.40. The lowest BCUT2D eigenvalue weighted by Gasteiger charge is -2.09. The van der Waals surface area contributed by atoms with E-state index in [4.69, 9.17) is 9.47 Å². The summed E-state index contributed by atoms with van der Waals surface area (Å²) < 4.78 is 11.9. The van der Waals surface area contributed by atoms with Crippen LogP contribution < -0.4 is 14.9 Å². The van der Waals surface area contributed by atoms with Gasteiger partial charge in [-0.3, -0.25) is 4.79 Å². The van der Waals surface area contributed by atoms with Gasteiger partial charge in [0, 0.05) is 15.6 Å². The molecular weight excluding hydrogens is 472 g/mol. The molecule has 0 aliphatic carbocycles. The number of benzene rings is 3. The number of rotatable bonds is 8. The number of carbonyl (C=O) groups is 2. The minimum Gasteiger partial charge on any atom is -0.494 e. The lowest BCUT2D eigenvalue weighted by molar-refractivity contribution is 0.0734. The zero-order valence-corrected chi connectivity index (χ0v) is 19.4. The molecule has 0 fully saturated rings. The average molecular weight is 495 g/mol. The first kappa shape index (κ1) is 23.2. The molecule has 32 heavy (non-hydrogen) atoms. The Hall–Kier alpha value is -3.45. The van der Waals surface area contributed by atoms with Crippen LogP contribution in [0.4, 0.5) is 0 Å². The van der Waals surface area contributed by atoms with E-state index in [1.54, 1.807) is 54.6 Å². The number of amides is 1. The largest absolute Gasteiger partial charge is 0.494 e. The number of nitrogens with one attached hydrogen (secondary N) is 1. The molecule has 0 saturated heterocycles. The number of hydrazone groups is 1. The van der Waals surface area contributed by atoms with Crippen molar-refractivity contribution in [3.8, 4) is 11.5 Å². The Morgan fingerprint density at radius 3 is 2.38 bits per heavy atom. The van der Waals surface area contributed by atoms with Gasteiger partial charge in [-0.25, -0.2) is 10.2 Å². The summed E-state index contributed by atoms with van der Waals surface area (Å²) in [5.41, 5.74) is 4.97. The Balaban J connectivity index is 1.69. The smallest absolute Gasteiger partial charge is 0.343 e. The first-order valence-electron chi connectivity index (χ1n) is 10.1. The topological polar surface area (TPSA) is 77.0 Å². The second-order valence-corrected chi connectivity index (χ2v) is 7.93. The van der Waals surface area contributed by atoms with Crippen LogP contribution in [0.15, 0.2) is 76.3 Å². The van der Waals surface area contributed by atoms with E-state index in [0.29, 0.717) is 34.8 Å². The second kappa shape index (κ2) is 11.2. The molecule has 164 valence electrons. The van der Waals surface area contributed by atoms with Gasteiger partial charge in [-0.2, -0.15) is 5.10 Å². The van der Waals surface area contributed by atoms with Gasteiger partial charge in [0.2, 0.25) is 0 Å². The number of hydrogen-bond donors (Lipinski definition) is 1. The summed E-state index contributed by atoms with van der Waals surface area (Å²) in [5.74, 6) is 0.176. The van der Waals surface area contributed by atoms with Crippen LogP contribution in [0.25, 0.3) is 0 Å². The molecule has 0 aromatic heterocycles. The second-order valence-electron chi connectivity index (χ2n) is 7.01. The zero-order chi connectivity index (χ0) is 22.9. The van der Waals surface area contributed by atoms with Crippen LogP contribution in [-0.4, -0.2) is 24.7 Å². The lowest BCUT2D eigenvalue weighted by Crippen LogP contribution is -2.17. The van der Waals surface area contributed by atoms with Crippen molar-refractivity contribution in [1.82, 2.24) is 5.43 Å². The summed E-state index contributed by atoms with van der Waals surface area (Å²) in [4.78, 5) is 24.8. The monoisotopic (exact) mass is 494 g/mol. The number of nitrogens with zero attached hydrogens (tertiary/aromatic N) is 1. The Labute approximate surface area is 195 Å². The highest BCUT2D eigenvalue weighted by atomic mass is 79.9. The maximum atomic E-state index is 12.6. The number of esters is 1. The van der Waals surface area contributed by atoms with E-state index in [-0.39, 0.29) is 5.91 Å². The highest BCUT2D eigenvalue weighted by Crippen LogP contribution is 2.23. The third kappa shape index (κ3) is 6.52. The van der Waals surface area contributed by atoms with Gasteiger partial charge < -0.3 is 9.47 Å². The molecule has 0 aliphatic heterocycles. The van der Waals surface area contributed by atoms with Crippen molar-refractivity contribution in [2.24, 2.45) is 5.10 Å². The molecule has 1 amide bonds. The molecule has 3 rings (SSSR count). The number of ether oxygens (including phenoxy) is 2. The summed E-state index contributed by atoms with van der Waals surface area (Å²) in [7, 11) is 0. The molecule has 0 atom stereocenters. The van der Waals surface area contributed by atoms with E-state index in [1.165, 1.54) is 6.21 Å². The number of halogens is 1. The Morgan fingerprint density at radius 2 is 1.69 bits per heavy atom. The molecule has 3 aromatic rings. The third-order valence-corrected chi connectivity index (χ3v) is 4.91. The quantitative estimate of drug-likeness (QED) is 0.193. The zero-order valence-electron chi connectivity index (χ0n) is 17.8. The maximum Gasteiger partial charge on any atom is 0.343 e. The highest BCUT2D eigenvalue weighted by Gasteiger charge is 2.12. The fourth-order valence-corrected chi connectivity index (χ4v) is 3.09. The Kier molecular flexibility index (Phi) is 8.16. The first-order chi connectivity index (χ1) is 15.5. The van der Waals surface area contributed by atoms with Crippen LogP contribution in [-0.2, 0) is 0 Å². The van der Waals surface area contributed by atoms with Crippen molar-refractivity contribution in [2.45, 2.75) is 20.3 Å². The Morgan fingerprint density at radius 1 is 1.00 bits per heavy atom. The molecule has 3 aromatic carbocycles. The summed E-state index contributed by atoms with van der Waals surface area (Å²) in [6.45, 7) is 4.59. The van der Waals surface area contributed by atoms with E-state index in [2.05, 4.69) is 26.5 Å². The van der Waals surface area contributed by atoms with Crippen molar-refractivity contribution >= 4 is 34.0 Å². The Bertz CT molecular complexity index is 1110. The number of hydrogen-bond acceptors (Lipinski definition) is 5. The normalized spacial score (nSPS) is 10.7. The molecule has 0 bridgehead atoms. The van der Waals surface area contributed by atoms with Gasteiger partial charge in [-0.15, -0.1) is 0 Å². The molecular formula is C25H23BrN2O4. The van der Waals surface area contributed by atoms with E-state index in [1.807, 2.05) is 26.0 Å². The van der Waals surface area contributed by atoms with Crippen molar-refractivity contribution in [2.75, 3.05) is 6.61 Å². The molecule has 0 aliphatic rings. The van der Waals surface area contributed by atoms with Crippen molar-refractivity contribution < 1.29 is 19.1 Å². The predicted octanol–water partition coefficient (Wildman–Crippen LogP) is 5.53. The van der Waals surface area contributed by atoms with E-state index in [9.17, 15) is 9.59 Å². The molecule has 0 spiro atoms. The minimum absolute atomic E-state index is 0.317. The van der Waals surface area contributed by atoms with E-state index in [0.717, 1.165) is 16.5 Å². The summed E-state index contributed by atoms with van der Waals surface area (Å²) in [6, 6.07) is 19.1. The molecule has 0 heterocycles. The molecule has 0 unspecified atom stereocenters. The SMILES string of the molecule is CCCOc1ccc(C(=O)Oc2ccc(Br)cc2/C=N\NC(=O)c2ccc(C)cc2)cc1. The van der Waals surface area contributed by atoms with Crippen molar-refractivity contribution in [3.05, 3.63) is 93.5 Å². The molecule has 6 nitrogen and oxygen atoms in total. The molecule has 1 N–H and O–H groups in total. The summed E-state index contributed by atoms with van der Waals surface area (Å²) in [6.07, 6.45) is 2.34. The standard InChI is InChI=1S/C25H23BrN2O4/c1-3-14-31-22-11-8-19(9-12-22)25(30)32-23-13-10-21(26)15-20(23)16-27-28-24(29)18-6-4-17(2)5-7-18/h4-13,15-16H,3,14H2,1-2H3,(H,28,29)/b27-16-. The number of aryl methyl sites for hydroxylation is 1. The summed E-state index contributed by atoms with van der Waals surface area (Å²) in [5, 5.41) is 4.01. The molecule has 7 heteroatoms. The number of carbonyl (C=O) groups excluding carboxylic acids is 2. The van der Waals surface area contributed by atoms with Crippen LogP contribution in [0.3, 0.4) is 0 Å². The van der Waals surface area contributed by atoms with Crippen molar-refractivity contribution in [1.29, 1.82) is 0 Å². The van der Waals surface area contributed by atoms with Crippen LogP contribution in [0, 0.1) is 6.92 Å². The average Bonchev–Trinajstić information content (AvgIpc) is 2.80. The van der Waals surface area contributed by atoms with Crippen LogP contribution >= 0.6 is 15.9 Å². The van der Waals surface area contributed by atoms with Gasteiger partial charge in [-0.1, -0.05) is 40.5 Å². The van der Waals surface area contributed by atoms with Crippen molar-refractivity contribution in [3.63, 3.8) is 0 Å². The van der Waals surface area contributed by atoms with Gasteiger partial charge in [0.25, 0.3) is 5.91 Å². The fraction of sp³-hybridized carbons (Fsp3) is 0.160. The van der Waals surface area contributed by atoms with E-state index >= 15 is 0 Å². The van der Waals surface area contributed by atoms with Crippen LogP contribution in [0.5, 0.6) is 11.5 Å². The predicted molar refractivity (Wildman–Crippen MR) is 128 cm³/mol. The van der Waals surface area contributed by atoms with Gasteiger partial charge in [0.05, 0.1) is 18.4 Å². The highest BCUT2D eigenvalue weighted by molar-refractivity contribution is 9.10. The fourth-order valence-electron chi connectivity index (χ4n) is 2.71. The van der Waals surface area contributed by atoms with Gasteiger partial charge in [-0.05, 0) is 67.9 Å². The van der Waals surface area contributed by atoms with E-state index < -0.39 is 5.97 Å². The minimum atomic E-state index is -0.507. The van der Waals surface area contributed by atoms with Crippen LogP contribution in [0.2, 0.25) is 0 Å². The third-order valence-electron chi connectivity index (χ3n) is 4.42. The van der Waals surface area contributed by atoms with Gasteiger partial charge in [0.15, 0.2) is 0 Å². The van der Waals surface area contributed by atoms with Gasteiger partial charge in [0.1, 0.15) is 11.5 Å². The first-order valence-corrected chi connectivity index (χ1v) is 10.9. The van der Waals surface area contributed by atoms with Gasteiger partial charge >= 0.3 is 5.97 Å². The maximum absolute atomic E-state index is 12.6. The lowest BCUT2D eigenvalue weighted by atomic mass is 10.1.